The molecule has 2 aliphatic rings. The highest BCUT2D eigenvalue weighted by atomic mass is 16.5. The zero-order chi connectivity index (χ0) is 17.4. The number of benzene rings is 1. The highest BCUT2D eigenvalue weighted by Crippen LogP contribution is 2.31. The molecule has 1 fully saturated rings. The molecule has 0 N–H and O–H groups in total. The third-order valence-electron chi connectivity index (χ3n) is 5.12. The largest absolute Gasteiger partial charge is 0.497 e. The quantitative estimate of drug-likeness (QED) is 0.858. The van der Waals surface area contributed by atoms with Gasteiger partial charge >= 0.3 is 0 Å². The first-order chi connectivity index (χ1) is 12.2. The molecule has 1 amide bonds. The van der Waals surface area contributed by atoms with Crippen molar-refractivity contribution in [1.29, 1.82) is 0 Å². The Morgan fingerprint density at radius 3 is 2.56 bits per heavy atom. The van der Waals surface area contributed by atoms with Gasteiger partial charge in [0, 0.05) is 19.3 Å². The maximum atomic E-state index is 12.8. The van der Waals surface area contributed by atoms with Crippen LogP contribution in [0.1, 0.15) is 47.4 Å². The molecule has 6 nitrogen and oxygen atoms in total. The third-order valence-corrected chi connectivity index (χ3v) is 5.12. The second kappa shape index (κ2) is 6.35. The molecule has 1 aromatic heterocycles. The number of fused-ring (bicyclic) bond motifs is 1. The molecular weight excluding hydrogens is 316 g/mol. The van der Waals surface area contributed by atoms with Gasteiger partial charge in [0.15, 0.2) is 0 Å². The number of hydrogen-bond acceptors (Lipinski definition) is 5. The Morgan fingerprint density at radius 2 is 1.88 bits per heavy atom. The normalized spacial score (nSPS) is 17.8. The Labute approximate surface area is 147 Å². The van der Waals surface area contributed by atoms with Gasteiger partial charge in [0.2, 0.25) is 5.95 Å². The number of hydrogen-bond donors (Lipinski definition) is 0. The zero-order valence-electron chi connectivity index (χ0n) is 14.6. The molecule has 0 unspecified atom stereocenters. The molecule has 0 radical (unpaired) electrons. The number of amides is 1. The molecule has 0 spiro atoms. The maximum Gasteiger partial charge on any atom is 0.258 e. The van der Waals surface area contributed by atoms with E-state index in [0.29, 0.717) is 12.1 Å². The fourth-order valence-corrected chi connectivity index (χ4v) is 3.54. The van der Waals surface area contributed by atoms with Gasteiger partial charge in [-0.1, -0.05) is 12.1 Å². The molecule has 25 heavy (non-hydrogen) atoms. The van der Waals surface area contributed by atoms with Crippen LogP contribution in [-0.4, -0.2) is 41.0 Å². The van der Waals surface area contributed by atoms with Gasteiger partial charge in [0.25, 0.3) is 5.91 Å². The molecule has 6 heteroatoms. The van der Waals surface area contributed by atoms with Crippen LogP contribution < -0.4 is 9.64 Å². The molecule has 1 atom stereocenters. The lowest BCUT2D eigenvalue weighted by Gasteiger charge is -2.24. The molecule has 4 rings (SSSR count). The van der Waals surface area contributed by atoms with Gasteiger partial charge in [0.05, 0.1) is 31.0 Å². The van der Waals surface area contributed by atoms with Crippen LogP contribution in [-0.2, 0) is 6.54 Å². The van der Waals surface area contributed by atoms with Crippen LogP contribution in [0.5, 0.6) is 5.75 Å². The number of carbonyl (C=O) groups excluding carboxylic acids is 1. The monoisotopic (exact) mass is 338 g/mol. The summed E-state index contributed by atoms with van der Waals surface area (Å²) in [6.07, 6.45) is 4.05. The van der Waals surface area contributed by atoms with Gasteiger partial charge in [-0.25, -0.2) is 9.97 Å². The highest BCUT2D eigenvalue weighted by Gasteiger charge is 2.33. The van der Waals surface area contributed by atoms with Gasteiger partial charge in [0.1, 0.15) is 5.75 Å². The Hall–Kier alpha value is -2.63. The van der Waals surface area contributed by atoms with E-state index in [4.69, 9.17) is 4.74 Å². The third kappa shape index (κ3) is 2.81. The fraction of sp³-hybridized carbons (Fsp3) is 0.421. The minimum Gasteiger partial charge on any atom is -0.497 e. The topological polar surface area (TPSA) is 58.6 Å². The molecule has 0 bridgehead atoms. The van der Waals surface area contributed by atoms with Crippen LogP contribution in [0, 0.1) is 0 Å². The summed E-state index contributed by atoms with van der Waals surface area (Å²) in [5.41, 5.74) is 2.54. The molecule has 2 aromatic rings. The Morgan fingerprint density at radius 1 is 1.16 bits per heavy atom. The van der Waals surface area contributed by atoms with E-state index in [0.717, 1.165) is 36.0 Å². The van der Waals surface area contributed by atoms with E-state index in [1.54, 1.807) is 13.3 Å². The van der Waals surface area contributed by atoms with Crippen molar-refractivity contribution in [2.75, 3.05) is 25.1 Å². The first kappa shape index (κ1) is 15.9. The van der Waals surface area contributed by atoms with Crippen LogP contribution in [0.4, 0.5) is 5.95 Å². The summed E-state index contributed by atoms with van der Waals surface area (Å²) in [5, 5.41) is 0. The van der Waals surface area contributed by atoms with Crippen LogP contribution in [0.15, 0.2) is 30.5 Å². The molecule has 1 saturated heterocycles. The van der Waals surface area contributed by atoms with Crippen molar-refractivity contribution in [2.45, 2.75) is 32.4 Å². The summed E-state index contributed by atoms with van der Waals surface area (Å²) in [7, 11) is 1.65. The predicted octanol–water partition coefficient (Wildman–Crippen LogP) is 2.80. The van der Waals surface area contributed by atoms with Crippen molar-refractivity contribution in [3.63, 3.8) is 0 Å². The van der Waals surface area contributed by atoms with Crippen LogP contribution in [0.2, 0.25) is 0 Å². The second-order valence-electron chi connectivity index (χ2n) is 6.61. The van der Waals surface area contributed by atoms with E-state index in [2.05, 4.69) is 14.9 Å². The molecule has 2 aliphatic heterocycles. The Balaban J connectivity index is 1.56. The summed E-state index contributed by atoms with van der Waals surface area (Å²) in [5.74, 6) is 1.57. The predicted molar refractivity (Wildman–Crippen MR) is 94.8 cm³/mol. The number of aromatic nitrogens is 2. The number of nitrogens with zero attached hydrogens (tertiary/aromatic N) is 4. The lowest BCUT2D eigenvalue weighted by molar-refractivity contribution is 0.0715. The van der Waals surface area contributed by atoms with Gasteiger partial charge < -0.3 is 14.5 Å². The molecule has 3 heterocycles. The Kier molecular flexibility index (Phi) is 4.03. The van der Waals surface area contributed by atoms with Crippen molar-refractivity contribution in [3.05, 3.63) is 47.3 Å². The fourth-order valence-electron chi connectivity index (χ4n) is 3.54. The standard InChI is InChI=1S/C19H22N4O2/c1-13(14-5-7-15(25-2)8-6-14)23-12-17-16(18(23)24)11-20-19(21-17)22-9-3-4-10-22/h5-8,11,13H,3-4,9-10,12H2,1-2H3/t13-/m0/s1. The van der Waals surface area contributed by atoms with E-state index >= 15 is 0 Å². The summed E-state index contributed by atoms with van der Waals surface area (Å²) in [6, 6.07) is 7.82. The number of ether oxygens (including phenoxy) is 1. The lowest BCUT2D eigenvalue weighted by atomic mass is 10.1. The summed E-state index contributed by atoms with van der Waals surface area (Å²) >= 11 is 0. The first-order valence-electron chi connectivity index (χ1n) is 8.73. The van der Waals surface area contributed by atoms with Gasteiger partial charge in [-0.3, -0.25) is 4.79 Å². The number of rotatable bonds is 4. The Bertz CT molecular complexity index is 785. The summed E-state index contributed by atoms with van der Waals surface area (Å²) in [4.78, 5) is 25.9. The van der Waals surface area contributed by atoms with Crippen molar-refractivity contribution >= 4 is 11.9 Å². The van der Waals surface area contributed by atoms with Crippen molar-refractivity contribution in [2.24, 2.45) is 0 Å². The van der Waals surface area contributed by atoms with Crippen molar-refractivity contribution < 1.29 is 9.53 Å². The van der Waals surface area contributed by atoms with E-state index in [1.807, 2.05) is 36.1 Å². The molecule has 130 valence electrons. The van der Waals surface area contributed by atoms with E-state index in [9.17, 15) is 4.79 Å². The second-order valence-corrected chi connectivity index (χ2v) is 6.61. The van der Waals surface area contributed by atoms with Crippen LogP contribution in [0.3, 0.4) is 0 Å². The summed E-state index contributed by atoms with van der Waals surface area (Å²) in [6.45, 7) is 4.57. The minimum absolute atomic E-state index is 0.00582. The SMILES string of the molecule is COc1ccc([C@H](C)N2Cc3nc(N4CCCC4)ncc3C2=O)cc1. The molecule has 0 saturated carbocycles. The average molecular weight is 338 g/mol. The van der Waals surface area contributed by atoms with Crippen LogP contribution >= 0.6 is 0 Å². The number of anilines is 1. The highest BCUT2D eigenvalue weighted by molar-refractivity contribution is 5.97. The lowest BCUT2D eigenvalue weighted by Crippen LogP contribution is -2.27. The van der Waals surface area contributed by atoms with E-state index in [1.165, 1.54) is 12.8 Å². The molecule has 1 aromatic carbocycles. The average Bonchev–Trinajstić information content (AvgIpc) is 3.29. The van der Waals surface area contributed by atoms with Crippen molar-refractivity contribution in [3.8, 4) is 5.75 Å². The van der Waals surface area contributed by atoms with Gasteiger partial charge in [-0.2, -0.15) is 0 Å². The van der Waals surface area contributed by atoms with E-state index in [-0.39, 0.29) is 11.9 Å². The maximum absolute atomic E-state index is 12.8. The van der Waals surface area contributed by atoms with E-state index < -0.39 is 0 Å². The first-order valence-corrected chi connectivity index (χ1v) is 8.73. The van der Waals surface area contributed by atoms with Gasteiger partial charge in [-0.15, -0.1) is 0 Å². The number of methoxy groups -OCH3 is 1. The summed E-state index contributed by atoms with van der Waals surface area (Å²) < 4.78 is 5.20. The molecule has 0 aliphatic carbocycles. The zero-order valence-corrected chi connectivity index (χ0v) is 14.6. The smallest absolute Gasteiger partial charge is 0.258 e. The van der Waals surface area contributed by atoms with Crippen molar-refractivity contribution in [1.82, 2.24) is 14.9 Å². The van der Waals surface area contributed by atoms with Crippen LogP contribution in [0.25, 0.3) is 0 Å². The van der Waals surface area contributed by atoms with Gasteiger partial charge in [-0.05, 0) is 37.5 Å². The molecular formula is C19H22N4O2. The number of carbonyl (C=O) groups is 1. The minimum atomic E-state index is -0.0251.